The van der Waals surface area contributed by atoms with Crippen LogP contribution in [0.15, 0.2) is 24.3 Å². The van der Waals surface area contributed by atoms with Crippen LogP contribution in [0.3, 0.4) is 0 Å². The molecule has 0 bridgehead atoms. The Bertz CT molecular complexity index is 653. The number of nitrogens with zero attached hydrogens (tertiary/aromatic N) is 1. The van der Waals surface area contributed by atoms with Crippen molar-refractivity contribution in [3.8, 4) is 11.8 Å². The molecule has 1 saturated heterocycles. The van der Waals surface area contributed by atoms with Gasteiger partial charge >= 0.3 is 12.1 Å². The third kappa shape index (κ3) is 5.31. The Morgan fingerprint density at radius 2 is 1.75 bits per heavy atom. The topological polar surface area (TPSA) is 66.8 Å². The van der Waals surface area contributed by atoms with E-state index in [1.54, 1.807) is 29.2 Å². The van der Waals surface area contributed by atoms with Gasteiger partial charge in [0.15, 0.2) is 0 Å². The van der Waals surface area contributed by atoms with Gasteiger partial charge in [-0.1, -0.05) is 11.8 Å². The van der Waals surface area contributed by atoms with E-state index in [-0.39, 0.29) is 17.6 Å². The Balaban J connectivity index is 1.87. The van der Waals surface area contributed by atoms with Crippen LogP contribution in [0.1, 0.15) is 49.5 Å². The summed E-state index contributed by atoms with van der Waals surface area (Å²) in [4.78, 5) is 24.5. The number of hydrogen-bond acceptors (Lipinski definition) is 3. The number of carbonyl (C=O) groups is 2. The molecule has 0 radical (unpaired) electrons. The van der Waals surface area contributed by atoms with E-state index in [1.807, 2.05) is 20.8 Å². The molecule has 1 aromatic rings. The predicted octanol–water partition coefficient (Wildman–Crippen LogP) is 3.38. The summed E-state index contributed by atoms with van der Waals surface area (Å²) in [6, 6.07) is 6.54. The van der Waals surface area contributed by atoms with Crippen LogP contribution in [-0.2, 0) is 4.74 Å². The van der Waals surface area contributed by atoms with Crippen LogP contribution in [0.4, 0.5) is 4.79 Å². The largest absolute Gasteiger partial charge is 0.478 e. The van der Waals surface area contributed by atoms with E-state index in [4.69, 9.17) is 9.84 Å². The SMILES string of the molecule is CC(C)(C)OC(=O)N1CCC(C#Cc2ccc(C(=O)O)cc2)CC1. The van der Waals surface area contributed by atoms with E-state index < -0.39 is 11.6 Å². The maximum absolute atomic E-state index is 12.0. The monoisotopic (exact) mass is 329 g/mol. The van der Waals surface area contributed by atoms with E-state index in [9.17, 15) is 9.59 Å². The molecule has 1 heterocycles. The summed E-state index contributed by atoms with van der Waals surface area (Å²) in [5, 5.41) is 8.87. The number of benzene rings is 1. The number of amides is 1. The molecule has 0 aliphatic carbocycles. The Kier molecular flexibility index (Phi) is 5.50. The molecule has 0 aromatic heterocycles. The van der Waals surface area contributed by atoms with Gasteiger partial charge in [0.05, 0.1) is 5.56 Å². The molecule has 2 rings (SSSR count). The standard InChI is InChI=1S/C19H23NO4/c1-19(2,3)24-18(23)20-12-10-15(11-13-20)5-4-14-6-8-16(9-7-14)17(21)22/h6-9,15H,10-13H2,1-3H3,(H,21,22). The number of hydrogen-bond donors (Lipinski definition) is 1. The molecule has 1 fully saturated rings. The average molecular weight is 329 g/mol. The fourth-order valence-corrected chi connectivity index (χ4v) is 2.41. The Morgan fingerprint density at radius 1 is 1.17 bits per heavy atom. The third-order valence-electron chi connectivity index (χ3n) is 3.70. The van der Waals surface area contributed by atoms with Crippen LogP contribution in [0.2, 0.25) is 0 Å². The van der Waals surface area contributed by atoms with Crippen LogP contribution in [0.5, 0.6) is 0 Å². The van der Waals surface area contributed by atoms with Gasteiger partial charge in [-0.2, -0.15) is 0 Å². The lowest BCUT2D eigenvalue weighted by atomic mass is 9.97. The summed E-state index contributed by atoms with van der Waals surface area (Å²) < 4.78 is 5.38. The summed E-state index contributed by atoms with van der Waals surface area (Å²) in [6.07, 6.45) is 1.37. The molecule has 1 N–H and O–H groups in total. The van der Waals surface area contributed by atoms with Crippen molar-refractivity contribution in [3.63, 3.8) is 0 Å². The van der Waals surface area contributed by atoms with Gasteiger partial charge < -0.3 is 14.7 Å². The van der Waals surface area contributed by atoms with Gasteiger partial charge in [0, 0.05) is 24.6 Å². The first kappa shape index (κ1) is 17.9. The average Bonchev–Trinajstić information content (AvgIpc) is 2.52. The zero-order valence-corrected chi connectivity index (χ0v) is 14.3. The van der Waals surface area contributed by atoms with Crippen LogP contribution in [0, 0.1) is 17.8 Å². The lowest BCUT2D eigenvalue weighted by Gasteiger charge is -2.31. The minimum Gasteiger partial charge on any atom is -0.478 e. The molecule has 0 saturated carbocycles. The maximum Gasteiger partial charge on any atom is 0.410 e. The molecule has 24 heavy (non-hydrogen) atoms. The smallest absolute Gasteiger partial charge is 0.410 e. The molecular weight excluding hydrogens is 306 g/mol. The minimum absolute atomic E-state index is 0.239. The van der Waals surface area contributed by atoms with Gasteiger partial charge in [0.25, 0.3) is 0 Å². The lowest BCUT2D eigenvalue weighted by Crippen LogP contribution is -2.41. The number of aromatic carboxylic acids is 1. The van der Waals surface area contributed by atoms with Crippen molar-refractivity contribution >= 4 is 12.1 Å². The zero-order chi connectivity index (χ0) is 17.7. The summed E-state index contributed by atoms with van der Waals surface area (Å²) in [7, 11) is 0. The molecule has 1 aromatic carbocycles. The van der Waals surface area contributed by atoms with Crippen LogP contribution < -0.4 is 0 Å². The molecule has 5 nitrogen and oxygen atoms in total. The molecule has 1 aliphatic heterocycles. The molecule has 5 heteroatoms. The summed E-state index contributed by atoms with van der Waals surface area (Å²) in [6.45, 7) is 6.87. The van der Waals surface area contributed by atoms with Crippen LogP contribution in [0.25, 0.3) is 0 Å². The lowest BCUT2D eigenvalue weighted by molar-refractivity contribution is 0.0199. The Morgan fingerprint density at radius 3 is 2.25 bits per heavy atom. The Labute approximate surface area is 142 Å². The van der Waals surface area contributed by atoms with Crippen molar-refractivity contribution < 1.29 is 19.4 Å². The first-order chi connectivity index (χ1) is 11.2. The highest BCUT2D eigenvalue weighted by Gasteiger charge is 2.26. The van der Waals surface area contributed by atoms with Gasteiger partial charge in [-0.3, -0.25) is 0 Å². The summed E-state index contributed by atoms with van der Waals surface area (Å²) in [5.41, 5.74) is 0.580. The number of carboxylic acid groups (broad SMARTS) is 1. The first-order valence-electron chi connectivity index (χ1n) is 8.07. The van der Waals surface area contributed by atoms with Crippen molar-refractivity contribution in [2.24, 2.45) is 5.92 Å². The van der Waals surface area contributed by atoms with Crippen LogP contribution in [-0.4, -0.2) is 40.8 Å². The predicted molar refractivity (Wildman–Crippen MR) is 90.8 cm³/mol. The van der Waals surface area contributed by atoms with Crippen molar-refractivity contribution in [1.29, 1.82) is 0 Å². The van der Waals surface area contributed by atoms with Crippen molar-refractivity contribution in [3.05, 3.63) is 35.4 Å². The number of likely N-dealkylation sites (tertiary alicyclic amines) is 1. The molecule has 0 unspecified atom stereocenters. The fourth-order valence-electron chi connectivity index (χ4n) is 2.41. The highest BCUT2D eigenvalue weighted by Crippen LogP contribution is 2.19. The highest BCUT2D eigenvalue weighted by molar-refractivity contribution is 5.87. The van der Waals surface area contributed by atoms with Crippen molar-refractivity contribution in [1.82, 2.24) is 4.90 Å². The molecule has 128 valence electrons. The Hall–Kier alpha value is -2.48. The first-order valence-corrected chi connectivity index (χ1v) is 8.07. The van der Waals surface area contributed by atoms with Gasteiger partial charge in [-0.15, -0.1) is 0 Å². The molecule has 1 aliphatic rings. The van der Waals surface area contributed by atoms with E-state index in [1.165, 1.54) is 0 Å². The quantitative estimate of drug-likeness (QED) is 0.802. The maximum atomic E-state index is 12.0. The third-order valence-corrected chi connectivity index (χ3v) is 3.70. The van der Waals surface area contributed by atoms with Gasteiger partial charge in [-0.05, 0) is 57.9 Å². The molecular formula is C19H23NO4. The highest BCUT2D eigenvalue weighted by atomic mass is 16.6. The normalized spacial score (nSPS) is 15.4. The molecule has 0 atom stereocenters. The zero-order valence-electron chi connectivity index (χ0n) is 14.3. The van der Waals surface area contributed by atoms with Crippen LogP contribution >= 0.6 is 0 Å². The van der Waals surface area contributed by atoms with E-state index in [0.717, 1.165) is 18.4 Å². The molecule has 0 spiro atoms. The van der Waals surface area contributed by atoms with E-state index in [0.29, 0.717) is 13.1 Å². The van der Waals surface area contributed by atoms with E-state index >= 15 is 0 Å². The van der Waals surface area contributed by atoms with E-state index in [2.05, 4.69) is 11.8 Å². The summed E-state index contributed by atoms with van der Waals surface area (Å²) >= 11 is 0. The summed E-state index contributed by atoms with van der Waals surface area (Å²) in [5.74, 6) is 5.60. The van der Waals surface area contributed by atoms with Gasteiger partial charge in [-0.25, -0.2) is 9.59 Å². The number of carboxylic acids is 1. The van der Waals surface area contributed by atoms with Gasteiger partial charge in [0.1, 0.15) is 5.60 Å². The minimum atomic E-state index is -0.941. The second-order valence-electron chi connectivity index (χ2n) is 6.89. The van der Waals surface area contributed by atoms with Crippen molar-refractivity contribution in [2.75, 3.05) is 13.1 Å². The number of carbonyl (C=O) groups excluding carboxylic acids is 1. The number of piperidine rings is 1. The van der Waals surface area contributed by atoms with Gasteiger partial charge in [0.2, 0.25) is 0 Å². The molecule has 1 amide bonds. The number of rotatable bonds is 1. The fraction of sp³-hybridized carbons (Fsp3) is 0.474. The second-order valence-corrected chi connectivity index (χ2v) is 6.89. The second kappa shape index (κ2) is 7.39. The van der Waals surface area contributed by atoms with Crippen molar-refractivity contribution in [2.45, 2.75) is 39.2 Å². The number of ether oxygens (including phenoxy) is 1.